The van der Waals surface area contributed by atoms with Crippen LogP contribution in [0.2, 0.25) is 0 Å². The molecule has 0 fully saturated rings. The fraction of sp³-hybridized carbons (Fsp3) is 0.700. The van der Waals surface area contributed by atoms with Gasteiger partial charge in [-0.2, -0.15) is 15.0 Å². The van der Waals surface area contributed by atoms with E-state index in [1.807, 2.05) is 6.92 Å². The molecule has 0 aliphatic carbocycles. The molecule has 1 N–H and O–H groups in total. The van der Waals surface area contributed by atoms with E-state index in [1.165, 1.54) is 0 Å². The van der Waals surface area contributed by atoms with E-state index < -0.39 is 0 Å². The van der Waals surface area contributed by atoms with Crippen molar-refractivity contribution in [2.45, 2.75) is 33.1 Å². The Morgan fingerprint density at radius 3 is 2.60 bits per heavy atom. The summed E-state index contributed by atoms with van der Waals surface area (Å²) in [5.74, 6) is 1.36. The first-order valence-electron chi connectivity index (χ1n) is 5.35. The Balaban J connectivity index is 2.79. The number of rotatable bonds is 6. The monoisotopic (exact) mass is 210 g/mol. The minimum absolute atomic E-state index is 0.406. The molecule has 84 valence electrons. The number of aryl methyl sites for hydroxylation is 1. The van der Waals surface area contributed by atoms with E-state index in [0.29, 0.717) is 18.6 Å². The van der Waals surface area contributed by atoms with Gasteiger partial charge in [-0.3, -0.25) is 0 Å². The Hall–Kier alpha value is -1.39. The average Bonchev–Trinajstić information content (AvgIpc) is 2.26. The molecule has 15 heavy (non-hydrogen) atoms. The van der Waals surface area contributed by atoms with Crippen LogP contribution in [-0.2, 0) is 6.42 Å². The number of nitrogens with zero attached hydrogens (tertiary/aromatic N) is 3. The maximum absolute atomic E-state index is 5.27. The Morgan fingerprint density at radius 1 is 1.20 bits per heavy atom. The van der Waals surface area contributed by atoms with Gasteiger partial charge in [0.25, 0.3) is 0 Å². The van der Waals surface area contributed by atoms with Crippen LogP contribution in [0.5, 0.6) is 6.01 Å². The van der Waals surface area contributed by atoms with E-state index in [2.05, 4.69) is 27.2 Å². The molecule has 0 saturated carbocycles. The predicted octanol–water partition coefficient (Wildman–Crippen LogP) is 1.65. The van der Waals surface area contributed by atoms with E-state index in [0.717, 1.165) is 25.1 Å². The zero-order valence-electron chi connectivity index (χ0n) is 9.58. The third kappa shape index (κ3) is 3.69. The molecule has 0 aliphatic heterocycles. The van der Waals surface area contributed by atoms with Gasteiger partial charge in [0.15, 0.2) is 0 Å². The summed E-state index contributed by atoms with van der Waals surface area (Å²) in [6.45, 7) is 4.62. The van der Waals surface area contributed by atoms with Crippen LogP contribution in [0, 0.1) is 0 Å². The molecule has 0 aromatic carbocycles. The SMILES string of the molecule is CCCCc1nc(NC)nc(OCC)n1. The van der Waals surface area contributed by atoms with Crippen molar-refractivity contribution in [1.29, 1.82) is 0 Å². The summed E-state index contributed by atoms with van der Waals surface area (Å²) in [6.07, 6.45) is 3.08. The lowest BCUT2D eigenvalue weighted by Gasteiger charge is -2.06. The Morgan fingerprint density at radius 2 is 2.00 bits per heavy atom. The van der Waals surface area contributed by atoms with E-state index in [1.54, 1.807) is 7.05 Å². The van der Waals surface area contributed by atoms with Crippen molar-refractivity contribution >= 4 is 5.95 Å². The van der Waals surface area contributed by atoms with Gasteiger partial charge >= 0.3 is 6.01 Å². The maximum Gasteiger partial charge on any atom is 0.321 e. The highest BCUT2D eigenvalue weighted by Crippen LogP contribution is 2.09. The first-order valence-corrected chi connectivity index (χ1v) is 5.35. The number of ether oxygens (including phenoxy) is 1. The lowest BCUT2D eigenvalue weighted by Crippen LogP contribution is -2.07. The number of unbranched alkanes of at least 4 members (excludes halogenated alkanes) is 1. The summed E-state index contributed by atoms with van der Waals surface area (Å²) in [6, 6.07) is 0.406. The summed E-state index contributed by atoms with van der Waals surface area (Å²) >= 11 is 0. The van der Waals surface area contributed by atoms with Gasteiger partial charge in [0.05, 0.1) is 6.61 Å². The van der Waals surface area contributed by atoms with Gasteiger partial charge in [0.1, 0.15) is 5.82 Å². The number of anilines is 1. The van der Waals surface area contributed by atoms with Crippen LogP contribution in [0.4, 0.5) is 5.95 Å². The third-order valence-electron chi connectivity index (χ3n) is 1.91. The van der Waals surface area contributed by atoms with Crippen LogP contribution in [0.1, 0.15) is 32.5 Å². The molecule has 0 unspecified atom stereocenters. The highest BCUT2D eigenvalue weighted by molar-refractivity contribution is 5.24. The van der Waals surface area contributed by atoms with E-state index >= 15 is 0 Å². The molecule has 0 saturated heterocycles. The predicted molar refractivity (Wildman–Crippen MR) is 59.2 cm³/mol. The lowest BCUT2D eigenvalue weighted by molar-refractivity contribution is 0.310. The third-order valence-corrected chi connectivity index (χ3v) is 1.91. The van der Waals surface area contributed by atoms with Crippen molar-refractivity contribution < 1.29 is 4.74 Å². The lowest BCUT2D eigenvalue weighted by atomic mass is 10.2. The second-order valence-electron chi connectivity index (χ2n) is 3.14. The molecular formula is C10H18N4O. The number of aromatic nitrogens is 3. The molecule has 0 radical (unpaired) electrons. The molecule has 0 atom stereocenters. The number of hydrogen-bond acceptors (Lipinski definition) is 5. The molecular weight excluding hydrogens is 192 g/mol. The fourth-order valence-corrected chi connectivity index (χ4v) is 1.15. The first kappa shape index (κ1) is 11.7. The van der Waals surface area contributed by atoms with Gasteiger partial charge in [-0.15, -0.1) is 0 Å². The van der Waals surface area contributed by atoms with Crippen molar-refractivity contribution in [2.24, 2.45) is 0 Å². The molecule has 5 nitrogen and oxygen atoms in total. The summed E-state index contributed by atoms with van der Waals surface area (Å²) in [5, 5.41) is 2.90. The second kappa shape index (κ2) is 6.16. The standard InChI is InChI=1S/C10H18N4O/c1-4-6-7-8-12-9(11-3)14-10(13-8)15-5-2/h4-7H2,1-3H3,(H,11,12,13,14). The Labute approximate surface area is 90.3 Å². The molecule has 0 aliphatic rings. The van der Waals surface area contributed by atoms with Crippen molar-refractivity contribution in [3.63, 3.8) is 0 Å². The van der Waals surface area contributed by atoms with E-state index in [-0.39, 0.29) is 0 Å². The summed E-state index contributed by atoms with van der Waals surface area (Å²) in [7, 11) is 1.79. The topological polar surface area (TPSA) is 59.9 Å². The van der Waals surface area contributed by atoms with Gasteiger partial charge < -0.3 is 10.1 Å². The van der Waals surface area contributed by atoms with Crippen LogP contribution in [0.25, 0.3) is 0 Å². The molecule has 1 aromatic heterocycles. The maximum atomic E-state index is 5.27. The summed E-state index contributed by atoms with van der Waals surface area (Å²) in [5.41, 5.74) is 0. The van der Waals surface area contributed by atoms with Crippen LogP contribution in [0.3, 0.4) is 0 Å². The van der Waals surface area contributed by atoms with Crippen LogP contribution < -0.4 is 10.1 Å². The van der Waals surface area contributed by atoms with Gasteiger partial charge in [0, 0.05) is 13.5 Å². The molecule has 1 rings (SSSR count). The Bertz CT molecular complexity index is 303. The zero-order chi connectivity index (χ0) is 11.1. The largest absolute Gasteiger partial charge is 0.464 e. The molecule has 0 amide bonds. The van der Waals surface area contributed by atoms with Crippen LogP contribution in [0.15, 0.2) is 0 Å². The number of nitrogens with one attached hydrogen (secondary N) is 1. The van der Waals surface area contributed by atoms with Crippen molar-refractivity contribution in [1.82, 2.24) is 15.0 Å². The highest BCUT2D eigenvalue weighted by Gasteiger charge is 2.05. The van der Waals surface area contributed by atoms with Crippen LogP contribution >= 0.6 is 0 Å². The van der Waals surface area contributed by atoms with Crippen molar-refractivity contribution in [2.75, 3.05) is 19.0 Å². The van der Waals surface area contributed by atoms with Crippen molar-refractivity contribution in [3.8, 4) is 6.01 Å². The first-order chi connectivity index (χ1) is 7.30. The second-order valence-corrected chi connectivity index (χ2v) is 3.14. The van der Waals surface area contributed by atoms with Gasteiger partial charge in [-0.25, -0.2) is 0 Å². The van der Waals surface area contributed by atoms with Crippen LogP contribution in [-0.4, -0.2) is 28.6 Å². The van der Waals surface area contributed by atoms with E-state index in [4.69, 9.17) is 4.74 Å². The summed E-state index contributed by atoms with van der Waals surface area (Å²) < 4.78 is 5.27. The van der Waals surface area contributed by atoms with Gasteiger partial charge in [-0.1, -0.05) is 13.3 Å². The average molecular weight is 210 g/mol. The van der Waals surface area contributed by atoms with Gasteiger partial charge in [0.2, 0.25) is 5.95 Å². The Kier molecular flexibility index (Phi) is 4.80. The normalized spacial score (nSPS) is 10.1. The quantitative estimate of drug-likeness (QED) is 0.773. The molecule has 0 spiro atoms. The zero-order valence-corrected chi connectivity index (χ0v) is 9.58. The summed E-state index contributed by atoms with van der Waals surface area (Å²) in [4.78, 5) is 12.6. The molecule has 1 heterocycles. The number of hydrogen-bond donors (Lipinski definition) is 1. The minimum atomic E-state index is 0.406. The molecule has 5 heteroatoms. The van der Waals surface area contributed by atoms with E-state index in [9.17, 15) is 0 Å². The molecule has 0 bridgehead atoms. The van der Waals surface area contributed by atoms with Crippen molar-refractivity contribution in [3.05, 3.63) is 5.82 Å². The fourth-order valence-electron chi connectivity index (χ4n) is 1.15. The smallest absolute Gasteiger partial charge is 0.321 e. The molecule has 1 aromatic rings. The highest BCUT2D eigenvalue weighted by atomic mass is 16.5. The van der Waals surface area contributed by atoms with Gasteiger partial charge in [-0.05, 0) is 13.3 Å². The minimum Gasteiger partial charge on any atom is -0.464 e.